The zero-order valence-corrected chi connectivity index (χ0v) is 13.0. The molecule has 1 aromatic heterocycles. The van der Waals surface area contributed by atoms with E-state index in [9.17, 15) is 4.79 Å². The van der Waals surface area contributed by atoms with Crippen LogP contribution in [0.2, 0.25) is 5.02 Å². The highest BCUT2D eigenvalue weighted by atomic mass is 127. The summed E-state index contributed by atoms with van der Waals surface area (Å²) in [5, 5.41) is 9.63. The summed E-state index contributed by atoms with van der Waals surface area (Å²) in [6.45, 7) is -0.242. The average Bonchev–Trinajstić information content (AvgIpc) is 2.35. The van der Waals surface area contributed by atoms with Crippen molar-refractivity contribution < 1.29 is 9.90 Å². The smallest absolute Gasteiger partial charge is 0.323 e. The number of benzene rings is 1. The SMILES string of the molecule is Nc1nc(I)cc(N(CC(=O)O)c2ccc(Cl)cc2)n1. The number of nitrogens with two attached hydrogens (primary N) is 1. The Morgan fingerprint density at radius 1 is 1.35 bits per heavy atom. The number of halogens is 2. The third-order valence-electron chi connectivity index (χ3n) is 2.41. The molecule has 0 aliphatic carbocycles. The van der Waals surface area contributed by atoms with E-state index in [-0.39, 0.29) is 12.5 Å². The van der Waals surface area contributed by atoms with Crippen molar-refractivity contribution in [1.29, 1.82) is 0 Å². The van der Waals surface area contributed by atoms with Crippen molar-refractivity contribution in [3.05, 3.63) is 39.1 Å². The van der Waals surface area contributed by atoms with Gasteiger partial charge in [-0.1, -0.05) is 11.6 Å². The molecule has 0 fully saturated rings. The zero-order chi connectivity index (χ0) is 14.7. The second-order valence-corrected chi connectivity index (χ2v) is 5.41. The lowest BCUT2D eigenvalue weighted by Crippen LogP contribution is -2.26. The standard InChI is InChI=1S/C12H10ClIN4O2/c13-7-1-3-8(4-2-7)18(6-11(19)20)10-5-9(14)16-12(15)17-10/h1-5H,6H2,(H,19,20)(H2,15,16,17). The Bertz CT molecular complexity index is 616. The van der Waals surface area contributed by atoms with Gasteiger partial charge in [0, 0.05) is 16.8 Å². The zero-order valence-electron chi connectivity index (χ0n) is 10.1. The van der Waals surface area contributed by atoms with E-state index in [2.05, 4.69) is 9.97 Å². The first kappa shape index (κ1) is 14.8. The van der Waals surface area contributed by atoms with Gasteiger partial charge in [-0.3, -0.25) is 4.79 Å². The Hall–Kier alpha value is -1.61. The van der Waals surface area contributed by atoms with Gasteiger partial charge in [0.2, 0.25) is 5.95 Å². The molecular weight excluding hydrogens is 395 g/mol. The number of nitrogens with zero attached hydrogens (tertiary/aromatic N) is 3. The van der Waals surface area contributed by atoms with E-state index in [1.54, 1.807) is 30.3 Å². The summed E-state index contributed by atoms with van der Waals surface area (Å²) in [4.78, 5) is 20.6. The van der Waals surface area contributed by atoms with Crippen LogP contribution in [0.1, 0.15) is 0 Å². The molecular formula is C12H10ClIN4O2. The summed E-state index contributed by atoms with van der Waals surface area (Å²) < 4.78 is 0.634. The van der Waals surface area contributed by atoms with Crippen LogP contribution < -0.4 is 10.6 Å². The molecule has 0 aliphatic heterocycles. The second kappa shape index (κ2) is 6.23. The first-order valence-electron chi connectivity index (χ1n) is 5.50. The molecule has 0 amide bonds. The largest absolute Gasteiger partial charge is 0.480 e. The number of carbonyl (C=O) groups is 1. The minimum atomic E-state index is -0.979. The number of rotatable bonds is 4. The fourth-order valence-electron chi connectivity index (χ4n) is 1.62. The van der Waals surface area contributed by atoms with Crippen LogP contribution in [0.5, 0.6) is 0 Å². The van der Waals surface area contributed by atoms with Crippen LogP contribution in [0.15, 0.2) is 30.3 Å². The minimum absolute atomic E-state index is 0.0938. The van der Waals surface area contributed by atoms with Gasteiger partial charge in [-0.25, -0.2) is 4.98 Å². The Morgan fingerprint density at radius 2 is 2.00 bits per heavy atom. The van der Waals surface area contributed by atoms with Gasteiger partial charge in [0.25, 0.3) is 0 Å². The molecule has 3 N–H and O–H groups in total. The van der Waals surface area contributed by atoms with Crippen molar-refractivity contribution in [3.63, 3.8) is 0 Å². The number of carboxylic acid groups (broad SMARTS) is 1. The average molecular weight is 405 g/mol. The van der Waals surface area contributed by atoms with Crippen molar-refractivity contribution in [2.75, 3.05) is 17.2 Å². The highest BCUT2D eigenvalue weighted by Crippen LogP contribution is 2.26. The van der Waals surface area contributed by atoms with Gasteiger partial charge in [-0.05, 0) is 46.9 Å². The maximum Gasteiger partial charge on any atom is 0.323 e. The van der Waals surface area contributed by atoms with Crippen LogP contribution in [-0.4, -0.2) is 27.6 Å². The van der Waals surface area contributed by atoms with Gasteiger partial charge in [0.05, 0.1) is 0 Å². The second-order valence-electron chi connectivity index (χ2n) is 3.86. The highest BCUT2D eigenvalue weighted by Gasteiger charge is 2.16. The lowest BCUT2D eigenvalue weighted by atomic mass is 10.3. The van der Waals surface area contributed by atoms with Crippen molar-refractivity contribution in [2.24, 2.45) is 0 Å². The summed E-state index contributed by atoms with van der Waals surface area (Å²) >= 11 is 7.83. The van der Waals surface area contributed by atoms with E-state index in [1.807, 2.05) is 22.6 Å². The monoisotopic (exact) mass is 404 g/mol. The predicted molar refractivity (Wildman–Crippen MR) is 85.3 cm³/mol. The number of aromatic nitrogens is 2. The fourth-order valence-corrected chi connectivity index (χ4v) is 2.27. The fraction of sp³-hybridized carbons (Fsp3) is 0.0833. The Kier molecular flexibility index (Phi) is 4.61. The van der Waals surface area contributed by atoms with E-state index >= 15 is 0 Å². The van der Waals surface area contributed by atoms with Gasteiger partial charge < -0.3 is 15.7 Å². The number of hydrogen-bond acceptors (Lipinski definition) is 5. The number of nitrogen functional groups attached to an aromatic ring is 1. The van der Waals surface area contributed by atoms with Crippen molar-refractivity contribution in [2.45, 2.75) is 0 Å². The maximum atomic E-state index is 11.0. The molecule has 0 spiro atoms. The third kappa shape index (κ3) is 3.70. The molecule has 0 unspecified atom stereocenters. The Labute approximate surface area is 133 Å². The Balaban J connectivity index is 2.46. The van der Waals surface area contributed by atoms with Crippen molar-refractivity contribution >= 4 is 57.6 Å². The van der Waals surface area contributed by atoms with E-state index in [0.29, 0.717) is 20.2 Å². The van der Waals surface area contributed by atoms with Crippen molar-refractivity contribution in [3.8, 4) is 0 Å². The van der Waals surface area contributed by atoms with Crippen LogP contribution in [0.4, 0.5) is 17.5 Å². The molecule has 0 aliphatic rings. The van der Waals surface area contributed by atoms with Crippen LogP contribution in [0, 0.1) is 3.70 Å². The molecule has 1 heterocycles. The number of hydrogen-bond donors (Lipinski definition) is 2. The topological polar surface area (TPSA) is 92.3 Å². The number of aliphatic carboxylic acids is 1. The van der Waals surface area contributed by atoms with E-state index in [4.69, 9.17) is 22.4 Å². The molecule has 6 nitrogen and oxygen atoms in total. The van der Waals surface area contributed by atoms with E-state index < -0.39 is 5.97 Å². The normalized spacial score (nSPS) is 10.3. The lowest BCUT2D eigenvalue weighted by Gasteiger charge is -2.22. The lowest BCUT2D eigenvalue weighted by molar-refractivity contribution is -0.135. The summed E-state index contributed by atoms with van der Waals surface area (Å²) in [6.07, 6.45) is 0. The first-order chi connectivity index (χ1) is 9.45. The van der Waals surface area contributed by atoms with Gasteiger partial charge in [0.15, 0.2) is 0 Å². The predicted octanol–water partition coefficient (Wildman–Crippen LogP) is 2.54. The van der Waals surface area contributed by atoms with Crippen molar-refractivity contribution in [1.82, 2.24) is 9.97 Å². The number of carboxylic acids is 1. The molecule has 0 radical (unpaired) electrons. The van der Waals surface area contributed by atoms with Gasteiger partial charge in [-0.2, -0.15) is 4.98 Å². The molecule has 0 saturated heterocycles. The molecule has 1 aromatic carbocycles. The first-order valence-corrected chi connectivity index (χ1v) is 6.96. The number of anilines is 3. The molecule has 2 aromatic rings. The van der Waals surface area contributed by atoms with E-state index in [0.717, 1.165) is 0 Å². The maximum absolute atomic E-state index is 11.0. The third-order valence-corrected chi connectivity index (χ3v) is 3.21. The van der Waals surface area contributed by atoms with Gasteiger partial charge in [0.1, 0.15) is 16.1 Å². The molecule has 104 valence electrons. The van der Waals surface area contributed by atoms with E-state index in [1.165, 1.54) is 4.90 Å². The van der Waals surface area contributed by atoms with Gasteiger partial charge in [-0.15, -0.1) is 0 Å². The molecule has 2 rings (SSSR count). The molecule has 0 bridgehead atoms. The summed E-state index contributed by atoms with van der Waals surface area (Å²) in [5.74, 6) is -0.463. The van der Waals surface area contributed by atoms with Crippen LogP contribution in [0.25, 0.3) is 0 Å². The summed E-state index contributed by atoms with van der Waals surface area (Å²) in [7, 11) is 0. The summed E-state index contributed by atoms with van der Waals surface area (Å²) in [5.41, 5.74) is 6.27. The van der Waals surface area contributed by atoms with Crippen LogP contribution in [0.3, 0.4) is 0 Å². The highest BCUT2D eigenvalue weighted by molar-refractivity contribution is 14.1. The molecule has 0 saturated carbocycles. The molecule has 0 atom stereocenters. The minimum Gasteiger partial charge on any atom is -0.480 e. The van der Waals surface area contributed by atoms with Crippen LogP contribution in [-0.2, 0) is 4.79 Å². The Morgan fingerprint density at radius 3 is 2.55 bits per heavy atom. The quantitative estimate of drug-likeness (QED) is 0.601. The summed E-state index contributed by atoms with van der Waals surface area (Å²) in [6, 6.07) is 8.46. The van der Waals surface area contributed by atoms with Gasteiger partial charge >= 0.3 is 5.97 Å². The molecule has 8 heteroatoms. The molecule has 20 heavy (non-hydrogen) atoms. The van der Waals surface area contributed by atoms with Crippen LogP contribution >= 0.6 is 34.2 Å².